The Morgan fingerprint density at radius 3 is 2.83 bits per heavy atom. The Morgan fingerprint density at radius 1 is 1.43 bits per heavy atom. The summed E-state index contributed by atoms with van der Waals surface area (Å²) < 4.78 is 10.6. The zero-order valence-corrected chi connectivity index (χ0v) is 14.3. The summed E-state index contributed by atoms with van der Waals surface area (Å²) in [7, 11) is 1.60. The van der Waals surface area contributed by atoms with Gasteiger partial charge in [0.1, 0.15) is 17.1 Å². The van der Waals surface area contributed by atoms with Crippen LogP contribution in [0.3, 0.4) is 0 Å². The van der Waals surface area contributed by atoms with Crippen LogP contribution in [0.15, 0.2) is 18.2 Å². The first-order chi connectivity index (χ1) is 10.8. The Hall–Kier alpha value is -1.95. The molecule has 0 saturated carbocycles. The molecule has 1 amide bonds. The molecule has 1 unspecified atom stereocenters. The van der Waals surface area contributed by atoms with Crippen LogP contribution >= 0.6 is 0 Å². The lowest BCUT2D eigenvalue weighted by Gasteiger charge is -2.24. The van der Waals surface area contributed by atoms with Crippen molar-refractivity contribution in [1.29, 1.82) is 0 Å². The molecule has 0 aliphatic carbocycles. The van der Waals surface area contributed by atoms with Crippen LogP contribution < -0.4 is 10.1 Å². The molecule has 1 atom stereocenters. The van der Waals surface area contributed by atoms with E-state index in [1.807, 2.05) is 26.8 Å². The topological polar surface area (TPSA) is 71.0 Å². The third kappa shape index (κ3) is 5.03. The number of benzene rings is 1. The standard InChI is InChI=1S/C17H26N2O4/c1-17(2,3)23-16(21)19-8-7-13(11-19)18-10-12-9-14(22-4)5-6-15(12)20/h5-6,9,13,18,20H,7-8,10-11H2,1-4H3. The number of carbonyl (C=O) groups is 1. The fourth-order valence-corrected chi connectivity index (χ4v) is 2.50. The van der Waals surface area contributed by atoms with Crippen LogP contribution in [-0.2, 0) is 11.3 Å². The van der Waals surface area contributed by atoms with E-state index >= 15 is 0 Å². The summed E-state index contributed by atoms with van der Waals surface area (Å²) in [5.74, 6) is 0.946. The van der Waals surface area contributed by atoms with Gasteiger partial charge in [-0.1, -0.05) is 0 Å². The molecule has 1 aliphatic rings. The van der Waals surface area contributed by atoms with E-state index in [9.17, 15) is 9.90 Å². The molecular formula is C17H26N2O4. The highest BCUT2D eigenvalue weighted by molar-refractivity contribution is 5.68. The van der Waals surface area contributed by atoms with Crippen LogP contribution in [0, 0.1) is 0 Å². The Kier molecular flexibility index (Phi) is 5.36. The van der Waals surface area contributed by atoms with Gasteiger partial charge >= 0.3 is 6.09 Å². The number of hydrogen-bond acceptors (Lipinski definition) is 5. The highest BCUT2D eigenvalue weighted by Crippen LogP contribution is 2.23. The number of phenolic OH excluding ortho intramolecular Hbond substituents is 1. The molecule has 1 fully saturated rings. The first-order valence-electron chi connectivity index (χ1n) is 7.85. The summed E-state index contributed by atoms with van der Waals surface area (Å²) >= 11 is 0. The number of likely N-dealkylation sites (tertiary alicyclic amines) is 1. The summed E-state index contributed by atoms with van der Waals surface area (Å²) in [5, 5.41) is 13.3. The molecule has 0 bridgehead atoms. The fraction of sp³-hybridized carbons (Fsp3) is 0.588. The molecule has 1 aromatic carbocycles. The van der Waals surface area contributed by atoms with Crippen LogP contribution in [0.4, 0.5) is 4.79 Å². The summed E-state index contributed by atoms with van der Waals surface area (Å²) in [4.78, 5) is 13.8. The minimum Gasteiger partial charge on any atom is -0.508 e. The highest BCUT2D eigenvalue weighted by atomic mass is 16.6. The second-order valence-corrected chi connectivity index (χ2v) is 6.79. The van der Waals surface area contributed by atoms with Gasteiger partial charge in [0.15, 0.2) is 0 Å². The average Bonchev–Trinajstić information content (AvgIpc) is 2.94. The Bertz CT molecular complexity index is 554. The number of hydrogen-bond donors (Lipinski definition) is 2. The van der Waals surface area contributed by atoms with Crippen molar-refractivity contribution in [2.45, 2.75) is 45.4 Å². The van der Waals surface area contributed by atoms with E-state index in [-0.39, 0.29) is 17.9 Å². The summed E-state index contributed by atoms with van der Waals surface area (Å²) in [6.45, 7) is 7.40. The van der Waals surface area contributed by atoms with Gasteiger partial charge < -0.3 is 24.8 Å². The van der Waals surface area contributed by atoms with E-state index in [1.54, 1.807) is 24.1 Å². The van der Waals surface area contributed by atoms with Gasteiger partial charge in [0, 0.05) is 31.2 Å². The Balaban J connectivity index is 1.85. The molecule has 0 aromatic heterocycles. The van der Waals surface area contributed by atoms with E-state index < -0.39 is 5.60 Å². The molecule has 1 saturated heterocycles. The van der Waals surface area contributed by atoms with E-state index in [1.165, 1.54) is 0 Å². The predicted molar refractivity (Wildman–Crippen MR) is 87.7 cm³/mol. The number of ether oxygens (including phenoxy) is 2. The third-order valence-corrected chi connectivity index (χ3v) is 3.71. The van der Waals surface area contributed by atoms with Gasteiger partial charge in [0.05, 0.1) is 7.11 Å². The first-order valence-corrected chi connectivity index (χ1v) is 7.85. The first kappa shape index (κ1) is 17.4. The SMILES string of the molecule is COc1ccc(O)c(CNC2CCN(C(=O)OC(C)(C)C)C2)c1. The molecule has 128 valence electrons. The van der Waals surface area contributed by atoms with Gasteiger partial charge in [-0.2, -0.15) is 0 Å². The van der Waals surface area contributed by atoms with Crippen molar-refractivity contribution in [1.82, 2.24) is 10.2 Å². The van der Waals surface area contributed by atoms with Gasteiger partial charge in [-0.15, -0.1) is 0 Å². The molecule has 23 heavy (non-hydrogen) atoms. The molecule has 1 aliphatic heterocycles. The number of phenols is 1. The van der Waals surface area contributed by atoms with Crippen LogP contribution in [0.5, 0.6) is 11.5 Å². The summed E-state index contributed by atoms with van der Waals surface area (Å²) in [5.41, 5.74) is 0.301. The second-order valence-electron chi connectivity index (χ2n) is 6.79. The van der Waals surface area contributed by atoms with Crippen LogP contribution in [-0.4, -0.2) is 47.9 Å². The number of carbonyl (C=O) groups excluding carboxylic acids is 1. The molecular weight excluding hydrogens is 296 g/mol. The van der Waals surface area contributed by atoms with Gasteiger partial charge in [-0.25, -0.2) is 4.79 Å². The van der Waals surface area contributed by atoms with Gasteiger partial charge in [-0.05, 0) is 45.4 Å². The lowest BCUT2D eigenvalue weighted by Crippen LogP contribution is -2.38. The maximum Gasteiger partial charge on any atom is 0.410 e. The summed E-state index contributed by atoms with van der Waals surface area (Å²) in [6.07, 6.45) is 0.593. The zero-order valence-electron chi connectivity index (χ0n) is 14.3. The fourth-order valence-electron chi connectivity index (χ4n) is 2.50. The van der Waals surface area contributed by atoms with Crippen molar-refractivity contribution >= 4 is 6.09 Å². The van der Waals surface area contributed by atoms with E-state index in [0.29, 0.717) is 25.4 Å². The van der Waals surface area contributed by atoms with Crippen molar-refractivity contribution in [2.24, 2.45) is 0 Å². The van der Waals surface area contributed by atoms with Gasteiger partial charge in [0.2, 0.25) is 0 Å². The lowest BCUT2D eigenvalue weighted by atomic mass is 10.1. The number of amides is 1. The molecule has 6 nitrogen and oxygen atoms in total. The Labute approximate surface area is 137 Å². The van der Waals surface area contributed by atoms with E-state index in [0.717, 1.165) is 12.0 Å². The molecule has 0 radical (unpaired) electrons. The van der Waals surface area contributed by atoms with Crippen molar-refractivity contribution in [3.05, 3.63) is 23.8 Å². The number of nitrogens with zero attached hydrogens (tertiary/aromatic N) is 1. The number of nitrogens with one attached hydrogen (secondary N) is 1. The maximum absolute atomic E-state index is 12.0. The number of rotatable bonds is 4. The van der Waals surface area contributed by atoms with Crippen molar-refractivity contribution in [2.75, 3.05) is 20.2 Å². The van der Waals surface area contributed by atoms with Crippen molar-refractivity contribution in [3.63, 3.8) is 0 Å². The molecule has 1 heterocycles. The van der Waals surface area contributed by atoms with E-state index in [2.05, 4.69) is 5.32 Å². The number of aromatic hydroxyl groups is 1. The quantitative estimate of drug-likeness (QED) is 0.891. The maximum atomic E-state index is 12.0. The van der Waals surface area contributed by atoms with E-state index in [4.69, 9.17) is 9.47 Å². The third-order valence-electron chi connectivity index (χ3n) is 3.71. The zero-order chi connectivity index (χ0) is 17.0. The minimum absolute atomic E-state index is 0.188. The number of methoxy groups -OCH3 is 1. The minimum atomic E-state index is -0.477. The monoisotopic (exact) mass is 322 g/mol. The molecule has 0 spiro atoms. The normalized spacial score (nSPS) is 18.1. The molecule has 1 aromatic rings. The molecule has 6 heteroatoms. The average molecular weight is 322 g/mol. The van der Waals surface area contributed by atoms with Crippen molar-refractivity contribution in [3.8, 4) is 11.5 Å². The van der Waals surface area contributed by atoms with Crippen LogP contribution in [0.1, 0.15) is 32.8 Å². The lowest BCUT2D eigenvalue weighted by molar-refractivity contribution is 0.0291. The smallest absolute Gasteiger partial charge is 0.410 e. The molecule has 2 N–H and O–H groups in total. The predicted octanol–water partition coefficient (Wildman–Crippen LogP) is 2.50. The van der Waals surface area contributed by atoms with Gasteiger partial charge in [-0.3, -0.25) is 0 Å². The van der Waals surface area contributed by atoms with Crippen molar-refractivity contribution < 1.29 is 19.4 Å². The largest absolute Gasteiger partial charge is 0.508 e. The van der Waals surface area contributed by atoms with Gasteiger partial charge in [0.25, 0.3) is 0 Å². The molecule has 2 rings (SSSR count). The van der Waals surface area contributed by atoms with Crippen LogP contribution in [0.2, 0.25) is 0 Å². The second kappa shape index (κ2) is 7.08. The van der Waals surface area contributed by atoms with Crippen LogP contribution in [0.25, 0.3) is 0 Å². The Morgan fingerprint density at radius 2 is 2.17 bits per heavy atom. The summed E-state index contributed by atoms with van der Waals surface area (Å²) in [6, 6.07) is 5.34. The highest BCUT2D eigenvalue weighted by Gasteiger charge is 2.29.